The molecule has 2 heterocycles. The summed E-state index contributed by atoms with van der Waals surface area (Å²) in [4.78, 5) is 14.5. The van der Waals surface area contributed by atoms with Crippen LogP contribution in [0, 0.1) is 0 Å². The van der Waals surface area contributed by atoms with Crippen LogP contribution in [0.3, 0.4) is 0 Å². The fourth-order valence-corrected chi connectivity index (χ4v) is 3.58. The first-order valence-corrected chi connectivity index (χ1v) is 9.97. The van der Waals surface area contributed by atoms with Crippen molar-refractivity contribution in [3.8, 4) is 23.0 Å². The van der Waals surface area contributed by atoms with E-state index in [4.69, 9.17) is 30.5 Å². The summed E-state index contributed by atoms with van der Waals surface area (Å²) >= 11 is 6.27. The van der Waals surface area contributed by atoms with Crippen LogP contribution in [-0.4, -0.2) is 43.8 Å². The Hall–Kier alpha value is -2.86. The zero-order valence-electron chi connectivity index (χ0n) is 16.2. The Bertz CT molecular complexity index is 943. The first-order valence-electron chi connectivity index (χ1n) is 9.59. The second-order valence-corrected chi connectivity index (χ2v) is 7.06. The van der Waals surface area contributed by atoms with E-state index in [-0.39, 0.29) is 5.91 Å². The lowest BCUT2D eigenvalue weighted by atomic mass is 10.1. The Morgan fingerprint density at radius 2 is 1.76 bits per heavy atom. The molecule has 0 aromatic heterocycles. The van der Waals surface area contributed by atoms with Gasteiger partial charge in [0.05, 0.1) is 5.02 Å². The van der Waals surface area contributed by atoms with Crippen LogP contribution in [0.5, 0.6) is 23.0 Å². The second kappa shape index (κ2) is 8.66. The number of fused-ring (bicyclic) bond motifs is 2. The first-order chi connectivity index (χ1) is 14.2. The molecule has 4 rings (SSSR count). The van der Waals surface area contributed by atoms with Crippen molar-refractivity contribution in [3.63, 3.8) is 0 Å². The molecule has 29 heavy (non-hydrogen) atoms. The lowest BCUT2D eigenvalue weighted by Crippen LogP contribution is -2.29. The third-order valence-corrected chi connectivity index (χ3v) is 5.02. The van der Waals surface area contributed by atoms with Crippen LogP contribution >= 0.6 is 11.6 Å². The summed E-state index contributed by atoms with van der Waals surface area (Å²) < 4.78 is 22.5. The summed E-state index contributed by atoms with van der Waals surface area (Å²) in [5.74, 6) is 2.48. The minimum atomic E-state index is -0.104. The van der Waals surface area contributed by atoms with Crippen molar-refractivity contribution in [1.82, 2.24) is 4.90 Å². The van der Waals surface area contributed by atoms with Crippen LogP contribution in [-0.2, 0) is 11.3 Å². The van der Waals surface area contributed by atoms with Gasteiger partial charge in [0.2, 0.25) is 5.91 Å². The van der Waals surface area contributed by atoms with E-state index in [2.05, 4.69) is 0 Å². The van der Waals surface area contributed by atoms with Gasteiger partial charge in [-0.1, -0.05) is 23.7 Å². The van der Waals surface area contributed by atoms with Gasteiger partial charge in [0.25, 0.3) is 0 Å². The molecular formula is C22H22ClNO5. The number of hydrogen-bond donors (Lipinski definition) is 0. The number of halogens is 1. The van der Waals surface area contributed by atoms with E-state index in [0.717, 1.165) is 16.9 Å². The predicted octanol–water partition coefficient (Wildman–Crippen LogP) is 3.94. The summed E-state index contributed by atoms with van der Waals surface area (Å²) in [6, 6.07) is 9.32. The number of ether oxygens (including phenoxy) is 4. The zero-order chi connectivity index (χ0) is 20.2. The van der Waals surface area contributed by atoms with Gasteiger partial charge in [-0.3, -0.25) is 4.79 Å². The molecule has 0 fully saturated rings. The summed E-state index contributed by atoms with van der Waals surface area (Å²) in [5, 5.41) is 0.467. The number of carbonyl (C=O) groups excluding carboxylic acids is 1. The Morgan fingerprint density at radius 3 is 2.55 bits per heavy atom. The quantitative estimate of drug-likeness (QED) is 0.692. The van der Waals surface area contributed by atoms with E-state index in [1.807, 2.05) is 31.2 Å². The number of benzene rings is 2. The van der Waals surface area contributed by atoms with Gasteiger partial charge in [-0.2, -0.15) is 0 Å². The summed E-state index contributed by atoms with van der Waals surface area (Å²) in [5.41, 5.74) is 1.70. The maximum Gasteiger partial charge on any atom is 0.246 e. The number of para-hydroxylation sites is 1. The van der Waals surface area contributed by atoms with E-state index < -0.39 is 0 Å². The summed E-state index contributed by atoms with van der Waals surface area (Å²) in [6.45, 7) is 4.95. The van der Waals surface area contributed by atoms with Gasteiger partial charge in [-0.25, -0.2) is 0 Å². The molecular weight excluding hydrogens is 394 g/mol. The lowest BCUT2D eigenvalue weighted by Gasteiger charge is -2.24. The van der Waals surface area contributed by atoms with E-state index in [0.29, 0.717) is 61.8 Å². The van der Waals surface area contributed by atoms with Crippen LogP contribution in [0.2, 0.25) is 5.02 Å². The third kappa shape index (κ3) is 4.27. The molecule has 0 aliphatic carbocycles. The van der Waals surface area contributed by atoms with Crippen LogP contribution in [0.1, 0.15) is 18.1 Å². The maximum atomic E-state index is 12.8. The van der Waals surface area contributed by atoms with E-state index in [1.54, 1.807) is 17.0 Å². The average molecular weight is 416 g/mol. The van der Waals surface area contributed by atoms with Crippen LogP contribution in [0.4, 0.5) is 0 Å². The van der Waals surface area contributed by atoms with Crippen LogP contribution < -0.4 is 18.9 Å². The zero-order valence-corrected chi connectivity index (χ0v) is 16.9. The van der Waals surface area contributed by atoms with Crippen molar-refractivity contribution in [3.05, 3.63) is 52.6 Å². The highest BCUT2D eigenvalue weighted by molar-refractivity contribution is 6.32. The summed E-state index contributed by atoms with van der Waals surface area (Å²) in [6.07, 6.45) is 3.27. The lowest BCUT2D eigenvalue weighted by molar-refractivity contribution is -0.126. The fraction of sp³-hybridized carbons (Fsp3) is 0.318. The molecule has 152 valence electrons. The molecule has 2 aliphatic heterocycles. The molecule has 0 atom stereocenters. The average Bonchev–Trinajstić information content (AvgIpc) is 2.76. The fourth-order valence-electron chi connectivity index (χ4n) is 3.31. The highest BCUT2D eigenvalue weighted by atomic mass is 35.5. The smallest absolute Gasteiger partial charge is 0.246 e. The van der Waals surface area contributed by atoms with Gasteiger partial charge >= 0.3 is 0 Å². The van der Waals surface area contributed by atoms with E-state index in [1.165, 1.54) is 6.08 Å². The van der Waals surface area contributed by atoms with Crippen LogP contribution in [0.15, 0.2) is 36.4 Å². The molecule has 0 spiro atoms. The van der Waals surface area contributed by atoms with Crippen molar-refractivity contribution < 1.29 is 23.7 Å². The molecule has 2 aromatic rings. The minimum absolute atomic E-state index is 0.104. The second-order valence-electron chi connectivity index (χ2n) is 6.65. The van der Waals surface area contributed by atoms with Crippen molar-refractivity contribution in [2.75, 3.05) is 33.0 Å². The number of nitrogens with zero attached hydrogens (tertiary/aromatic N) is 1. The highest BCUT2D eigenvalue weighted by Gasteiger charge is 2.19. The molecule has 0 saturated heterocycles. The van der Waals surface area contributed by atoms with Gasteiger partial charge < -0.3 is 23.8 Å². The van der Waals surface area contributed by atoms with E-state index >= 15 is 0 Å². The molecule has 7 heteroatoms. The van der Waals surface area contributed by atoms with Crippen molar-refractivity contribution in [2.24, 2.45) is 0 Å². The molecule has 2 aliphatic rings. The Morgan fingerprint density at radius 1 is 1.03 bits per heavy atom. The topological polar surface area (TPSA) is 57.2 Å². The molecule has 0 unspecified atom stereocenters. The van der Waals surface area contributed by atoms with E-state index in [9.17, 15) is 4.79 Å². The monoisotopic (exact) mass is 415 g/mol. The normalized spacial score (nSPS) is 14.7. The SMILES string of the molecule is CCN(Cc1cccc2c1OCCO2)C(=O)/C=C/c1cc(Cl)c2c(c1)OCCO2. The van der Waals surface area contributed by atoms with Gasteiger partial charge in [-0.05, 0) is 36.8 Å². The molecule has 1 amide bonds. The number of hydrogen-bond acceptors (Lipinski definition) is 5. The van der Waals surface area contributed by atoms with Gasteiger partial charge in [0, 0.05) is 24.7 Å². The molecule has 0 saturated carbocycles. The molecule has 6 nitrogen and oxygen atoms in total. The molecule has 2 aromatic carbocycles. The largest absolute Gasteiger partial charge is 0.486 e. The summed E-state index contributed by atoms with van der Waals surface area (Å²) in [7, 11) is 0. The standard InChI is InChI=1S/C22H22ClNO5/c1-2-24(14-16-4-3-5-18-21(16)28-10-8-26-18)20(25)7-6-15-12-17(23)22-19(13-15)27-9-11-29-22/h3-7,12-13H,2,8-11,14H2,1H3/b7-6+. The highest BCUT2D eigenvalue weighted by Crippen LogP contribution is 2.38. The maximum absolute atomic E-state index is 12.8. The van der Waals surface area contributed by atoms with Gasteiger partial charge in [-0.15, -0.1) is 0 Å². The van der Waals surface area contributed by atoms with Crippen molar-refractivity contribution in [1.29, 1.82) is 0 Å². The minimum Gasteiger partial charge on any atom is -0.486 e. The first kappa shape index (κ1) is 19.5. The molecule has 0 N–H and O–H groups in total. The Kier molecular flexibility index (Phi) is 5.81. The predicted molar refractivity (Wildman–Crippen MR) is 110 cm³/mol. The molecule has 0 bridgehead atoms. The number of likely N-dealkylation sites (N-methyl/N-ethyl adjacent to an activating group) is 1. The number of amides is 1. The van der Waals surface area contributed by atoms with Gasteiger partial charge in [0.1, 0.15) is 26.4 Å². The molecule has 0 radical (unpaired) electrons. The number of carbonyl (C=O) groups is 1. The van der Waals surface area contributed by atoms with Crippen molar-refractivity contribution >= 4 is 23.6 Å². The third-order valence-electron chi connectivity index (χ3n) is 4.74. The van der Waals surface area contributed by atoms with Crippen LogP contribution in [0.25, 0.3) is 6.08 Å². The Balaban J connectivity index is 1.49. The van der Waals surface area contributed by atoms with Gasteiger partial charge in [0.15, 0.2) is 23.0 Å². The Labute approximate surface area is 174 Å². The van der Waals surface area contributed by atoms with Crippen molar-refractivity contribution in [2.45, 2.75) is 13.5 Å². The number of rotatable bonds is 5.